The lowest BCUT2D eigenvalue weighted by atomic mass is 9.98. The maximum absolute atomic E-state index is 2.42. The Kier molecular flexibility index (Phi) is 4.19. The van der Waals surface area contributed by atoms with Crippen molar-refractivity contribution in [2.75, 3.05) is 0 Å². The standard InChI is InChI=1S/C17H22/c1-3-5-9-16-12-14(4-2)13-17(16)15-10-7-6-8-11-15/h6-8,10-11,13H,3-5,9,12H2,1-2H3. The quantitative estimate of drug-likeness (QED) is 0.633. The Labute approximate surface area is 105 Å². The Balaban J connectivity index is 2.26. The molecule has 90 valence electrons. The number of unbranched alkanes of at least 4 members (excludes halogenated alkanes) is 1. The van der Waals surface area contributed by atoms with Crippen LogP contribution in [0.5, 0.6) is 0 Å². The summed E-state index contributed by atoms with van der Waals surface area (Å²) in [4.78, 5) is 0. The van der Waals surface area contributed by atoms with Gasteiger partial charge >= 0.3 is 0 Å². The Bertz CT molecular complexity index is 421. The molecular weight excluding hydrogens is 204 g/mol. The fraction of sp³-hybridized carbons (Fsp3) is 0.412. The minimum atomic E-state index is 1.19. The van der Waals surface area contributed by atoms with E-state index in [9.17, 15) is 0 Å². The molecule has 0 atom stereocenters. The highest BCUT2D eigenvalue weighted by Crippen LogP contribution is 2.36. The van der Waals surface area contributed by atoms with Crippen LogP contribution in [-0.4, -0.2) is 0 Å². The second-order valence-electron chi connectivity index (χ2n) is 4.82. The normalized spacial score (nSPS) is 15.3. The lowest BCUT2D eigenvalue weighted by Crippen LogP contribution is -1.86. The average molecular weight is 226 g/mol. The molecule has 1 aliphatic rings. The van der Waals surface area contributed by atoms with Gasteiger partial charge in [-0.15, -0.1) is 0 Å². The molecule has 17 heavy (non-hydrogen) atoms. The van der Waals surface area contributed by atoms with Crippen LogP contribution < -0.4 is 0 Å². The van der Waals surface area contributed by atoms with Crippen molar-refractivity contribution < 1.29 is 0 Å². The summed E-state index contributed by atoms with van der Waals surface area (Å²) < 4.78 is 0. The Morgan fingerprint density at radius 1 is 1.06 bits per heavy atom. The molecule has 0 heteroatoms. The summed E-state index contributed by atoms with van der Waals surface area (Å²) in [6, 6.07) is 10.8. The van der Waals surface area contributed by atoms with Crippen LogP contribution in [0, 0.1) is 0 Å². The van der Waals surface area contributed by atoms with Gasteiger partial charge in [0.05, 0.1) is 0 Å². The summed E-state index contributed by atoms with van der Waals surface area (Å²) in [5, 5.41) is 0. The van der Waals surface area contributed by atoms with E-state index in [4.69, 9.17) is 0 Å². The number of benzene rings is 1. The van der Waals surface area contributed by atoms with E-state index in [0.29, 0.717) is 0 Å². The van der Waals surface area contributed by atoms with E-state index in [-0.39, 0.29) is 0 Å². The summed E-state index contributed by atoms with van der Waals surface area (Å²) >= 11 is 0. The first-order chi connectivity index (χ1) is 8.35. The molecule has 1 aliphatic carbocycles. The largest absolute Gasteiger partial charge is 0.0658 e. The predicted octanol–water partition coefficient (Wildman–Crippen LogP) is 5.37. The summed E-state index contributed by atoms with van der Waals surface area (Å²) in [5.74, 6) is 0. The molecule has 0 unspecified atom stereocenters. The van der Waals surface area contributed by atoms with Crippen LogP contribution in [-0.2, 0) is 0 Å². The molecule has 0 bridgehead atoms. The van der Waals surface area contributed by atoms with Gasteiger partial charge in [0.1, 0.15) is 0 Å². The molecule has 0 saturated carbocycles. The average Bonchev–Trinajstić information content (AvgIpc) is 2.80. The zero-order valence-corrected chi connectivity index (χ0v) is 11.0. The third-order valence-corrected chi connectivity index (χ3v) is 3.54. The van der Waals surface area contributed by atoms with Gasteiger partial charge in [0.25, 0.3) is 0 Å². The fourth-order valence-electron chi connectivity index (χ4n) is 2.47. The molecule has 0 spiro atoms. The molecule has 0 radical (unpaired) electrons. The van der Waals surface area contributed by atoms with E-state index in [1.807, 2.05) is 0 Å². The molecule has 0 aliphatic heterocycles. The van der Waals surface area contributed by atoms with Gasteiger partial charge in [-0.1, -0.05) is 67.8 Å². The van der Waals surface area contributed by atoms with E-state index in [1.165, 1.54) is 43.2 Å². The van der Waals surface area contributed by atoms with Gasteiger partial charge in [0.15, 0.2) is 0 Å². The Hall–Kier alpha value is -1.30. The number of rotatable bonds is 5. The zero-order valence-electron chi connectivity index (χ0n) is 11.0. The van der Waals surface area contributed by atoms with Crippen LogP contribution in [0.25, 0.3) is 5.57 Å². The third-order valence-electron chi connectivity index (χ3n) is 3.54. The molecular formula is C17H22. The van der Waals surface area contributed by atoms with Crippen LogP contribution in [0.1, 0.15) is 51.5 Å². The maximum Gasteiger partial charge on any atom is -0.00960 e. The van der Waals surface area contributed by atoms with Crippen molar-refractivity contribution in [2.24, 2.45) is 0 Å². The van der Waals surface area contributed by atoms with Gasteiger partial charge in [-0.05, 0) is 36.8 Å². The summed E-state index contributed by atoms with van der Waals surface area (Å²) in [6.07, 6.45) is 8.68. The first kappa shape index (κ1) is 12.2. The number of allylic oxidation sites excluding steroid dienone is 4. The summed E-state index contributed by atoms with van der Waals surface area (Å²) in [7, 11) is 0. The minimum absolute atomic E-state index is 1.19. The highest BCUT2D eigenvalue weighted by atomic mass is 14.2. The third kappa shape index (κ3) is 2.88. The van der Waals surface area contributed by atoms with Crippen LogP contribution in [0.3, 0.4) is 0 Å². The summed E-state index contributed by atoms with van der Waals surface area (Å²) in [5.41, 5.74) is 6.13. The van der Waals surface area contributed by atoms with Gasteiger partial charge in [-0.3, -0.25) is 0 Å². The smallest absolute Gasteiger partial charge is 0.00960 e. The molecule has 0 nitrogen and oxygen atoms in total. The van der Waals surface area contributed by atoms with E-state index < -0.39 is 0 Å². The van der Waals surface area contributed by atoms with Crippen molar-refractivity contribution >= 4 is 5.57 Å². The van der Waals surface area contributed by atoms with Gasteiger partial charge in [-0.2, -0.15) is 0 Å². The lowest BCUT2D eigenvalue weighted by Gasteiger charge is -2.07. The topological polar surface area (TPSA) is 0 Å². The van der Waals surface area contributed by atoms with Gasteiger partial charge in [0, 0.05) is 0 Å². The Morgan fingerprint density at radius 3 is 2.47 bits per heavy atom. The van der Waals surface area contributed by atoms with Crippen LogP contribution >= 0.6 is 0 Å². The molecule has 1 aromatic rings. The second kappa shape index (κ2) is 5.86. The van der Waals surface area contributed by atoms with E-state index in [0.717, 1.165) is 0 Å². The lowest BCUT2D eigenvalue weighted by molar-refractivity contribution is 0.773. The molecule has 0 aromatic heterocycles. The Morgan fingerprint density at radius 2 is 1.82 bits per heavy atom. The van der Waals surface area contributed by atoms with Crippen molar-refractivity contribution in [2.45, 2.75) is 46.0 Å². The molecule has 0 N–H and O–H groups in total. The molecule has 1 aromatic carbocycles. The number of hydrogen-bond acceptors (Lipinski definition) is 0. The first-order valence-electron chi connectivity index (χ1n) is 6.82. The first-order valence-corrected chi connectivity index (χ1v) is 6.82. The molecule has 0 amide bonds. The van der Waals surface area contributed by atoms with Crippen LogP contribution in [0.15, 0.2) is 47.6 Å². The van der Waals surface area contributed by atoms with Crippen molar-refractivity contribution in [3.05, 3.63) is 53.1 Å². The monoisotopic (exact) mass is 226 g/mol. The van der Waals surface area contributed by atoms with Crippen LogP contribution in [0.2, 0.25) is 0 Å². The minimum Gasteiger partial charge on any atom is -0.0658 e. The molecule has 2 rings (SSSR count). The van der Waals surface area contributed by atoms with Crippen molar-refractivity contribution in [3.63, 3.8) is 0 Å². The molecule has 0 heterocycles. The zero-order chi connectivity index (χ0) is 12.1. The predicted molar refractivity (Wildman–Crippen MR) is 75.9 cm³/mol. The maximum atomic E-state index is 2.42. The van der Waals surface area contributed by atoms with Crippen molar-refractivity contribution in [1.82, 2.24) is 0 Å². The SMILES string of the molecule is CCCCC1=C(c2ccccc2)C=C(CC)C1. The molecule has 0 fully saturated rings. The summed E-state index contributed by atoms with van der Waals surface area (Å²) in [6.45, 7) is 4.53. The van der Waals surface area contributed by atoms with E-state index in [2.05, 4.69) is 50.3 Å². The van der Waals surface area contributed by atoms with E-state index in [1.54, 1.807) is 11.1 Å². The van der Waals surface area contributed by atoms with Gasteiger partial charge in [0.2, 0.25) is 0 Å². The fourth-order valence-corrected chi connectivity index (χ4v) is 2.47. The van der Waals surface area contributed by atoms with Crippen molar-refractivity contribution in [3.8, 4) is 0 Å². The second-order valence-corrected chi connectivity index (χ2v) is 4.82. The highest BCUT2D eigenvalue weighted by Gasteiger charge is 2.15. The van der Waals surface area contributed by atoms with E-state index >= 15 is 0 Å². The van der Waals surface area contributed by atoms with Crippen molar-refractivity contribution in [1.29, 1.82) is 0 Å². The van der Waals surface area contributed by atoms with Crippen LogP contribution in [0.4, 0.5) is 0 Å². The van der Waals surface area contributed by atoms with Gasteiger partial charge < -0.3 is 0 Å². The number of hydrogen-bond donors (Lipinski definition) is 0. The van der Waals surface area contributed by atoms with Gasteiger partial charge in [-0.25, -0.2) is 0 Å². The highest BCUT2D eigenvalue weighted by molar-refractivity contribution is 5.80. The molecule has 0 saturated heterocycles.